The number of carbonyl (C=O) groups excluding carboxylic acids is 2. The monoisotopic (exact) mass is 346 g/mol. The molecule has 2 N–H and O–H groups in total. The van der Waals surface area contributed by atoms with Gasteiger partial charge in [-0.05, 0) is 31.2 Å². The van der Waals surface area contributed by atoms with Crippen molar-refractivity contribution in [1.29, 1.82) is 0 Å². The third-order valence-corrected chi connectivity index (χ3v) is 3.18. The Hall–Kier alpha value is -3.09. The normalized spacial score (nSPS) is 11.3. The zero-order valence-electron chi connectivity index (χ0n) is 13.7. The van der Waals surface area contributed by atoms with Crippen LogP contribution in [-0.4, -0.2) is 24.5 Å². The molecule has 6 nitrogen and oxygen atoms in total. The minimum Gasteiger partial charge on any atom is -0.493 e. The molecule has 0 aliphatic heterocycles. The Morgan fingerprint density at radius 3 is 2.44 bits per heavy atom. The molecule has 2 aromatic rings. The predicted octanol–water partition coefficient (Wildman–Crippen LogP) is 2.21. The smallest absolute Gasteiger partial charge is 0.279 e. The molecule has 7 heteroatoms. The van der Waals surface area contributed by atoms with Gasteiger partial charge in [-0.2, -0.15) is 0 Å². The van der Waals surface area contributed by atoms with Gasteiger partial charge in [-0.3, -0.25) is 20.4 Å². The standard InChI is InChI=1S/C18H19FN2O4/c1-13(25-16-10-6-5-9-15(16)19)18(23)21-20-17(22)11-12-24-14-7-3-2-4-8-14/h2-10,13H,11-12H2,1H3,(H,20,22)(H,21,23)/t13-/m0/s1. The number of ether oxygens (including phenoxy) is 2. The summed E-state index contributed by atoms with van der Waals surface area (Å²) in [7, 11) is 0. The maximum Gasteiger partial charge on any atom is 0.279 e. The number of halogens is 1. The van der Waals surface area contributed by atoms with Crippen LogP contribution in [0.2, 0.25) is 0 Å². The highest BCUT2D eigenvalue weighted by Crippen LogP contribution is 2.16. The average Bonchev–Trinajstić information content (AvgIpc) is 2.62. The molecular weight excluding hydrogens is 327 g/mol. The molecule has 0 saturated heterocycles. The number of hydrogen-bond donors (Lipinski definition) is 2. The minimum absolute atomic E-state index is 0.0345. The summed E-state index contributed by atoms with van der Waals surface area (Å²) in [5, 5.41) is 0. The van der Waals surface area contributed by atoms with Crippen LogP contribution >= 0.6 is 0 Å². The third kappa shape index (κ3) is 6.14. The van der Waals surface area contributed by atoms with Crippen molar-refractivity contribution in [3.05, 3.63) is 60.4 Å². The Kier molecular flexibility index (Phi) is 6.76. The number of rotatable bonds is 7. The molecule has 0 unspecified atom stereocenters. The van der Waals surface area contributed by atoms with Crippen molar-refractivity contribution in [2.75, 3.05) is 6.61 Å². The summed E-state index contributed by atoms with van der Waals surface area (Å²) in [4.78, 5) is 23.5. The Labute approximate surface area is 144 Å². The van der Waals surface area contributed by atoms with E-state index in [1.54, 1.807) is 18.2 Å². The lowest BCUT2D eigenvalue weighted by atomic mass is 10.3. The van der Waals surface area contributed by atoms with Crippen molar-refractivity contribution >= 4 is 11.8 Å². The lowest BCUT2D eigenvalue weighted by Crippen LogP contribution is -2.47. The quantitative estimate of drug-likeness (QED) is 0.754. The first-order valence-corrected chi connectivity index (χ1v) is 7.74. The van der Waals surface area contributed by atoms with E-state index in [-0.39, 0.29) is 18.8 Å². The van der Waals surface area contributed by atoms with Crippen LogP contribution in [0.15, 0.2) is 54.6 Å². The molecule has 1 atom stereocenters. The molecule has 0 aromatic heterocycles. The number of carbonyl (C=O) groups is 2. The Morgan fingerprint density at radius 2 is 1.72 bits per heavy atom. The average molecular weight is 346 g/mol. The first kappa shape index (κ1) is 18.3. The molecule has 25 heavy (non-hydrogen) atoms. The van der Waals surface area contributed by atoms with E-state index in [9.17, 15) is 14.0 Å². The van der Waals surface area contributed by atoms with Crippen molar-refractivity contribution in [2.24, 2.45) is 0 Å². The van der Waals surface area contributed by atoms with Crippen LogP contribution in [-0.2, 0) is 9.59 Å². The van der Waals surface area contributed by atoms with Crippen molar-refractivity contribution < 1.29 is 23.5 Å². The third-order valence-electron chi connectivity index (χ3n) is 3.18. The van der Waals surface area contributed by atoms with Gasteiger partial charge in [0.25, 0.3) is 5.91 Å². The van der Waals surface area contributed by atoms with Gasteiger partial charge >= 0.3 is 0 Å². The molecule has 0 bridgehead atoms. The molecule has 2 rings (SSSR count). The van der Waals surface area contributed by atoms with E-state index in [0.717, 1.165) is 0 Å². The van der Waals surface area contributed by atoms with Crippen LogP contribution in [0.4, 0.5) is 4.39 Å². The summed E-state index contributed by atoms with van der Waals surface area (Å²) in [6, 6.07) is 14.8. The van der Waals surface area contributed by atoms with Crippen molar-refractivity contribution in [1.82, 2.24) is 10.9 Å². The fraction of sp³-hybridized carbons (Fsp3) is 0.222. The largest absolute Gasteiger partial charge is 0.493 e. The lowest BCUT2D eigenvalue weighted by Gasteiger charge is -2.15. The summed E-state index contributed by atoms with van der Waals surface area (Å²) in [5.74, 6) is -0.953. The van der Waals surface area contributed by atoms with E-state index < -0.39 is 23.7 Å². The number of amides is 2. The molecule has 0 saturated carbocycles. The van der Waals surface area contributed by atoms with E-state index in [2.05, 4.69) is 10.9 Å². The van der Waals surface area contributed by atoms with Gasteiger partial charge in [0.05, 0.1) is 13.0 Å². The zero-order chi connectivity index (χ0) is 18.1. The minimum atomic E-state index is -0.974. The maximum atomic E-state index is 13.5. The van der Waals surface area contributed by atoms with Gasteiger partial charge in [-0.1, -0.05) is 30.3 Å². The van der Waals surface area contributed by atoms with Crippen LogP contribution in [0, 0.1) is 5.82 Å². The molecule has 0 fully saturated rings. The number of hydrazine groups is 1. The zero-order valence-corrected chi connectivity index (χ0v) is 13.7. The second-order valence-corrected chi connectivity index (χ2v) is 5.14. The van der Waals surface area contributed by atoms with E-state index in [4.69, 9.17) is 9.47 Å². The second-order valence-electron chi connectivity index (χ2n) is 5.14. The number of para-hydroxylation sites is 2. The fourth-order valence-electron chi connectivity index (χ4n) is 1.86. The van der Waals surface area contributed by atoms with Crippen LogP contribution < -0.4 is 20.3 Å². The van der Waals surface area contributed by atoms with E-state index >= 15 is 0 Å². The predicted molar refractivity (Wildman–Crippen MR) is 89.3 cm³/mol. The Balaban J connectivity index is 1.68. The molecule has 0 spiro atoms. The molecule has 2 aromatic carbocycles. The molecule has 132 valence electrons. The number of nitrogens with one attached hydrogen (secondary N) is 2. The molecule has 0 aliphatic rings. The van der Waals surface area contributed by atoms with Gasteiger partial charge in [0.2, 0.25) is 5.91 Å². The van der Waals surface area contributed by atoms with Gasteiger partial charge in [0.1, 0.15) is 5.75 Å². The summed E-state index contributed by atoms with van der Waals surface area (Å²) >= 11 is 0. The van der Waals surface area contributed by atoms with Crippen LogP contribution in [0.1, 0.15) is 13.3 Å². The van der Waals surface area contributed by atoms with Crippen molar-refractivity contribution in [3.8, 4) is 11.5 Å². The first-order valence-electron chi connectivity index (χ1n) is 7.74. The number of benzene rings is 2. The molecular formula is C18H19FN2O4. The molecule has 0 aliphatic carbocycles. The van der Waals surface area contributed by atoms with Gasteiger partial charge < -0.3 is 9.47 Å². The Morgan fingerprint density at radius 1 is 1.04 bits per heavy atom. The Bertz CT molecular complexity index is 709. The van der Waals surface area contributed by atoms with Crippen molar-refractivity contribution in [3.63, 3.8) is 0 Å². The SMILES string of the molecule is C[C@H](Oc1ccccc1F)C(=O)NNC(=O)CCOc1ccccc1. The molecule has 0 heterocycles. The van der Waals surface area contributed by atoms with Gasteiger partial charge in [-0.15, -0.1) is 0 Å². The fourth-order valence-corrected chi connectivity index (χ4v) is 1.86. The highest BCUT2D eigenvalue weighted by atomic mass is 19.1. The summed E-state index contributed by atoms with van der Waals surface area (Å²) in [6.07, 6.45) is -0.907. The maximum absolute atomic E-state index is 13.5. The van der Waals surface area contributed by atoms with Crippen LogP contribution in [0.3, 0.4) is 0 Å². The highest BCUT2D eigenvalue weighted by Gasteiger charge is 2.17. The van der Waals surface area contributed by atoms with Gasteiger partial charge in [0.15, 0.2) is 17.7 Å². The van der Waals surface area contributed by atoms with Crippen LogP contribution in [0.5, 0.6) is 11.5 Å². The highest BCUT2D eigenvalue weighted by molar-refractivity contribution is 5.84. The second kappa shape index (κ2) is 9.27. The number of hydrogen-bond acceptors (Lipinski definition) is 4. The van der Waals surface area contributed by atoms with Gasteiger partial charge in [0, 0.05) is 0 Å². The topological polar surface area (TPSA) is 76.7 Å². The van der Waals surface area contributed by atoms with E-state index in [1.807, 2.05) is 18.2 Å². The molecule has 2 amide bonds. The van der Waals surface area contributed by atoms with Crippen LogP contribution in [0.25, 0.3) is 0 Å². The van der Waals surface area contributed by atoms with E-state index in [0.29, 0.717) is 5.75 Å². The summed E-state index contributed by atoms with van der Waals surface area (Å²) in [5.41, 5.74) is 4.49. The van der Waals surface area contributed by atoms with Crippen molar-refractivity contribution in [2.45, 2.75) is 19.4 Å². The van der Waals surface area contributed by atoms with E-state index in [1.165, 1.54) is 25.1 Å². The van der Waals surface area contributed by atoms with Gasteiger partial charge in [-0.25, -0.2) is 4.39 Å². The molecule has 0 radical (unpaired) electrons. The lowest BCUT2D eigenvalue weighted by molar-refractivity contribution is -0.133. The summed E-state index contributed by atoms with van der Waals surface area (Å²) < 4.78 is 24.1. The summed E-state index contributed by atoms with van der Waals surface area (Å²) in [6.45, 7) is 1.62. The first-order chi connectivity index (χ1) is 12.1.